The van der Waals surface area contributed by atoms with Gasteiger partial charge in [0.1, 0.15) is 5.60 Å². The number of rotatable bonds is 8. The summed E-state index contributed by atoms with van der Waals surface area (Å²) in [6, 6.07) is 9.95. The van der Waals surface area contributed by atoms with E-state index in [0.29, 0.717) is 6.42 Å². The molecule has 0 amide bonds. The van der Waals surface area contributed by atoms with Gasteiger partial charge >= 0.3 is 0 Å². The number of carbonyl (C=O) groups is 1. The number of hydrogen-bond donors (Lipinski definition) is 1. The van der Waals surface area contributed by atoms with Gasteiger partial charge in [-0.15, -0.1) is 0 Å². The molecule has 22 heavy (non-hydrogen) atoms. The number of benzene rings is 1. The first-order chi connectivity index (χ1) is 10.6. The minimum atomic E-state index is -1.19. The monoisotopic (exact) mass is 298 g/mol. The van der Waals surface area contributed by atoms with Crippen LogP contribution in [-0.2, 0) is 4.79 Å². The van der Waals surface area contributed by atoms with Crippen molar-refractivity contribution in [3.05, 3.63) is 53.1 Å². The highest BCUT2D eigenvalue weighted by atomic mass is 16.3. The Morgan fingerprint density at radius 1 is 1.05 bits per heavy atom. The molecule has 1 N–H and O–H groups in total. The second kappa shape index (κ2) is 7.55. The summed E-state index contributed by atoms with van der Waals surface area (Å²) in [5, 5.41) is 10.7. The van der Waals surface area contributed by atoms with Crippen LogP contribution in [0.25, 0.3) is 6.08 Å². The van der Waals surface area contributed by atoms with E-state index in [1.54, 1.807) is 0 Å². The van der Waals surface area contributed by atoms with Gasteiger partial charge in [-0.3, -0.25) is 4.79 Å². The maximum Gasteiger partial charge on any atom is 0.198 e. The summed E-state index contributed by atoms with van der Waals surface area (Å²) in [6.45, 7) is 4.21. The molecular weight excluding hydrogens is 272 g/mol. The SMILES string of the molecule is CCCCC1=C(/C=C\c2ccccc2)C(=O)C1(O)CCCC. The molecule has 0 heterocycles. The molecule has 1 atom stereocenters. The van der Waals surface area contributed by atoms with Crippen molar-refractivity contribution in [3.63, 3.8) is 0 Å². The van der Waals surface area contributed by atoms with Crippen LogP contribution in [0.15, 0.2) is 47.6 Å². The van der Waals surface area contributed by atoms with Crippen molar-refractivity contribution < 1.29 is 9.90 Å². The van der Waals surface area contributed by atoms with Crippen LogP contribution in [0.2, 0.25) is 0 Å². The summed E-state index contributed by atoms with van der Waals surface area (Å²) in [5.41, 5.74) is 1.54. The molecule has 1 aliphatic rings. The van der Waals surface area contributed by atoms with Crippen LogP contribution >= 0.6 is 0 Å². The first kappa shape index (κ1) is 16.7. The molecule has 0 bridgehead atoms. The summed E-state index contributed by atoms with van der Waals surface area (Å²) in [5.74, 6) is -0.0979. The minimum Gasteiger partial charge on any atom is -0.377 e. The highest BCUT2D eigenvalue weighted by Gasteiger charge is 2.49. The van der Waals surface area contributed by atoms with Crippen LogP contribution in [0.4, 0.5) is 0 Å². The molecular formula is C20H26O2. The summed E-state index contributed by atoms with van der Waals surface area (Å²) in [4.78, 5) is 12.4. The average molecular weight is 298 g/mol. The Hall–Kier alpha value is -1.67. The van der Waals surface area contributed by atoms with Crippen molar-refractivity contribution in [2.24, 2.45) is 0 Å². The van der Waals surface area contributed by atoms with Gasteiger partial charge in [0.2, 0.25) is 0 Å². The maximum absolute atomic E-state index is 12.4. The van der Waals surface area contributed by atoms with E-state index < -0.39 is 5.60 Å². The largest absolute Gasteiger partial charge is 0.377 e. The molecule has 2 rings (SSSR count). The predicted molar refractivity (Wildman–Crippen MR) is 91.5 cm³/mol. The fourth-order valence-corrected chi connectivity index (χ4v) is 2.97. The zero-order chi connectivity index (χ0) is 16.0. The van der Waals surface area contributed by atoms with Crippen LogP contribution < -0.4 is 0 Å². The van der Waals surface area contributed by atoms with Gasteiger partial charge in [0.05, 0.1) is 0 Å². The Morgan fingerprint density at radius 2 is 1.73 bits per heavy atom. The fourth-order valence-electron chi connectivity index (χ4n) is 2.97. The third-order valence-electron chi connectivity index (χ3n) is 4.36. The van der Waals surface area contributed by atoms with E-state index in [-0.39, 0.29) is 5.78 Å². The average Bonchev–Trinajstić information content (AvgIpc) is 2.56. The molecule has 1 aromatic carbocycles. The van der Waals surface area contributed by atoms with Gasteiger partial charge < -0.3 is 5.11 Å². The first-order valence-corrected chi connectivity index (χ1v) is 8.37. The quantitative estimate of drug-likeness (QED) is 0.756. The maximum atomic E-state index is 12.4. The van der Waals surface area contributed by atoms with Crippen molar-refractivity contribution in [1.82, 2.24) is 0 Å². The van der Waals surface area contributed by atoms with Gasteiger partial charge in [0.15, 0.2) is 5.78 Å². The Bertz CT molecular complexity index is 569. The number of allylic oxidation sites excluding steroid dienone is 1. The van der Waals surface area contributed by atoms with Crippen LogP contribution in [0.5, 0.6) is 0 Å². The second-order valence-corrected chi connectivity index (χ2v) is 6.03. The first-order valence-electron chi connectivity index (χ1n) is 8.37. The fraction of sp³-hybridized carbons (Fsp3) is 0.450. The van der Waals surface area contributed by atoms with E-state index in [1.807, 2.05) is 42.5 Å². The highest BCUT2D eigenvalue weighted by Crippen LogP contribution is 2.42. The van der Waals surface area contributed by atoms with Crippen molar-refractivity contribution in [3.8, 4) is 0 Å². The smallest absolute Gasteiger partial charge is 0.198 e. The molecule has 1 aromatic rings. The summed E-state index contributed by atoms with van der Waals surface area (Å²) in [7, 11) is 0. The predicted octanol–water partition coefficient (Wildman–Crippen LogP) is 4.69. The third kappa shape index (κ3) is 3.38. The molecule has 0 aromatic heterocycles. The molecule has 2 nitrogen and oxygen atoms in total. The van der Waals surface area contributed by atoms with Crippen LogP contribution in [0.3, 0.4) is 0 Å². The molecule has 0 fully saturated rings. The number of hydrogen-bond acceptors (Lipinski definition) is 2. The number of aliphatic hydroxyl groups is 1. The number of Topliss-reactive ketones (excluding diaryl/α,β-unsaturated/α-hetero) is 1. The lowest BCUT2D eigenvalue weighted by atomic mass is 9.67. The summed E-state index contributed by atoms with van der Waals surface area (Å²) in [6.07, 6.45) is 9.17. The second-order valence-electron chi connectivity index (χ2n) is 6.03. The normalized spacial score (nSPS) is 21.5. The molecule has 0 spiro atoms. The van der Waals surface area contributed by atoms with E-state index in [4.69, 9.17) is 0 Å². The van der Waals surface area contributed by atoms with Crippen molar-refractivity contribution in [2.45, 2.75) is 58.0 Å². The molecule has 0 saturated heterocycles. The van der Waals surface area contributed by atoms with Crippen LogP contribution in [0, 0.1) is 0 Å². The van der Waals surface area contributed by atoms with E-state index in [0.717, 1.165) is 48.8 Å². The highest BCUT2D eigenvalue weighted by molar-refractivity contribution is 6.14. The van der Waals surface area contributed by atoms with Gasteiger partial charge in [-0.2, -0.15) is 0 Å². The van der Waals surface area contributed by atoms with Crippen molar-refractivity contribution in [1.29, 1.82) is 0 Å². The number of unbranched alkanes of at least 4 members (excludes halogenated alkanes) is 2. The van der Waals surface area contributed by atoms with E-state index in [1.165, 1.54) is 0 Å². The zero-order valence-electron chi connectivity index (χ0n) is 13.6. The minimum absolute atomic E-state index is 0.0979. The lowest BCUT2D eigenvalue weighted by molar-refractivity contribution is -0.134. The van der Waals surface area contributed by atoms with Crippen LogP contribution in [-0.4, -0.2) is 16.5 Å². The molecule has 0 aliphatic heterocycles. The molecule has 1 aliphatic carbocycles. The molecule has 1 unspecified atom stereocenters. The molecule has 2 heteroatoms. The summed E-state index contributed by atoms with van der Waals surface area (Å²) < 4.78 is 0. The molecule has 0 radical (unpaired) electrons. The van der Waals surface area contributed by atoms with E-state index in [2.05, 4.69) is 13.8 Å². The summed E-state index contributed by atoms with van der Waals surface area (Å²) >= 11 is 0. The lowest BCUT2D eigenvalue weighted by Gasteiger charge is -2.39. The van der Waals surface area contributed by atoms with E-state index in [9.17, 15) is 9.90 Å². The van der Waals surface area contributed by atoms with Gasteiger partial charge in [0, 0.05) is 5.57 Å². The Kier molecular flexibility index (Phi) is 5.73. The van der Waals surface area contributed by atoms with Gasteiger partial charge in [-0.1, -0.05) is 75.6 Å². The Morgan fingerprint density at radius 3 is 2.36 bits per heavy atom. The van der Waals surface area contributed by atoms with Gasteiger partial charge in [0.25, 0.3) is 0 Å². The standard InChI is InChI=1S/C20H26O2/c1-3-5-12-18-17(14-13-16-10-8-7-9-11-16)19(21)20(18,22)15-6-4-2/h7-11,13-14,22H,3-6,12,15H2,1-2H3/b14-13-. The zero-order valence-corrected chi connectivity index (χ0v) is 13.6. The van der Waals surface area contributed by atoms with Gasteiger partial charge in [-0.05, 0) is 30.4 Å². The lowest BCUT2D eigenvalue weighted by Crippen LogP contribution is -2.50. The Labute approximate surface area is 133 Å². The van der Waals surface area contributed by atoms with Crippen molar-refractivity contribution >= 4 is 11.9 Å². The topological polar surface area (TPSA) is 37.3 Å². The number of carbonyl (C=O) groups excluding carboxylic acids is 1. The van der Waals surface area contributed by atoms with Gasteiger partial charge in [-0.25, -0.2) is 0 Å². The van der Waals surface area contributed by atoms with Crippen LogP contribution in [0.1, 0.15) is 57.9 Å². The molecule has 118 valence electrons. The Balaban J connectivity index is 2.23. The molecule has 0 saturated carbocycles. The van der Waals surface area contributed by atoms with Crippen molar-refractivity contribution in [2.75, 3.05) is 0 Å². The van der Waals surface area contributed by atoms with E-state index >= 15 is 0 Å². The third-order valence-corrected chi connectivity index (χ3v) is 4.36. The number of ketones is 1.